The zero-order valence-electron chi connectivity index (χ0n) is 18.8. The number of benzene rings is 3. The molecule has 3 aromatic carbocycles. The predicted octanol–water partition coefficient (Wildman–Crippen LogP) is 6.64. The highest BCUT2D eigenvalue weighted by Crippen LogP contribution is 2.32. The minimum Gasteiger partial charge on any atom is -0.484 e. The van der Waals surface area contributed by atoms with Gasteiger partial charge in [0.2, 0.25) is 0 Å². The molecule has 0 aliphatic rings. The molecule has 190 valence electrons. The van der Waals surface area contributed by atoms with Gasteiger partial charge in [-0.05, 0) is 73.2 Å². The second-order valence-electron chi connectivity index (χ2n) is 7.58. The van der Waals surface area contributed by atoms with Crippen molar-refractivity contribution in [2.24, 2.45) is 0 Å². The highest BCUT2D eigenvalue weighted by Gasteiger charge is 2.31. The molecule has 0 saturated heterocycles. The zero-order valence-corrected chi connectivity index (χ0v) is 20.3. The van der Waals surface area contributed by atoms with Gasteiger partial charge in [-0.1, -0.05) is 29.3 Å². The van der Waals surface area contributed by atoms with Crippen LogP contribution in [0.15, 0.2) is 72.8 Å². The summed E-state index contributed by atoms with van der Waals surface area (Å²) in [6.45, 7) is -0.0123. The SMILES string of the molecule is O=C(COc1ccc(Cl)cc1)NCCCN(C(=O)Nc1ccc(Cl)cc1)c1cccc(C(F)(F)F)c1. The first-order chi connectivity index (χ1) is 17.1. The fraction of sp³-hybridized carbons (Fsp3) is 0.200. The average molecular weight is 540 g/mol. The second-order valence-corrected chi connectivity index (χ2v) is 8.46. The van der Waals surface area contributed by atoms with Crippen molar-refractivity contribution in [3.63, 3.8) is 0 Å². The van der Waals surface area contributed by atoms with Gasteiger partial charge in [-0.15, -0.1) is 0 Å². The standard InChI is InChI=1S/C25H22Cl2F3N3O3/c26-18-5-9-20(10-6-18)32-24(35)33(21-4-1-3-17(15-21)25(28,29)30)14-2-13-31-23(34)16-36-22-11-7-19(27)8-12-22/h1,3-12,15H,2,13-14,16H2,(H,31,34)(H,32,35). The third-order valence-corrected chi connectivity index (χ3v) is 5.39. The predicted molar refractivity (Wildman–Crippen MR) is 134 cm³/mol. The number of rotatable bonds is 9. The molecule has 3 rings (SSSR count). The van der Waals surface area contributed by atoms with E-state index in [0.29, 0.717) is 21.5 Å². The topological polar surface area (TPSA) is 70.7 Å². The van der Waals surface area contributed by atoms with Crippen LogP contribution >= 0.6 is 23.2 Å². The largest absolute Gasteiger partial charge is 0.484 e. The highest BCUT2D eigenvalue weighted by atomic mass is 35.5. The van der Waals surface area contributed by atoms with Crippen LogP contribution in [0.2, 0.25) is 10.0 Å². The van der Waals surface area contributed by atoms with Crippen LogP contribution in [0.5, 0.6) is 5.75 Å². The normalized spacial score (nSPS) is 11.0. The van der Waals surface area contributed by atoms with E-state index < -0.39 is 17.8 Å². The van der Waals surface area contributed by atoms with Gasteiger partial charge < -0.3 is 15.4 Å². The number of anilines is 2. The maximum Gasteiger partial charge on any atom is 0.416 e. The van der Waals surface area contributed by atoms with E-state index in [4.69, 9.17) is 27.9 Å². The monoisotopic (exact) mass is 539 g/mol. The average Bonchev–Trinajstić information content (AvgIpc) is 2.84. The Balaban J connectivity index is 1.61. The van der Waals surface area contributed by atoms with Gasteiger partial charge in [0, 0.05) is 34.5 Å². The molecule has 0 aliphatic heterocycles. The van der Waals surface area contributed by atoms with Crippen LogP contribution < -0.4 is 20.3 Å². The van der Waals surface area contributed by atoms with Gasteiger partial charge in [-0.25, -0.2) is 4.79 Å². The van der Waals surface area contributed by atoms with E-state index in [1.165, 1.54) is 17.0 Å². The van der Waals surface area contributed by atoms with E-state index in [2.05, 4.69) is 10.6 Å². The van der Waals surface area contributed by atoms with Crippen LogP contribution in [0.4, 0.5) is 29.3 Å². The Morgan fingerprint density at radius 2 is 1.56 bits per heavy atom. The van der Waals surface area contributed by atoms with Crippen molar-refractivity contribution in [2.45, 2.75) is 12.6 Å². The first-order valence-electron chi connectivity index (χ1n) is 10.8. The number of halogens is 5. The summed E-state index contributed by atoms with van der Waals surface area (Å²) in [5.41, 5.74) is -0.389. The molecule has 0 bridgehead atoms. The molecule has 3 aromatic rings. The molecule has 6 nitrogen and oxygen atoms in total. The van der Waals surface area contributed by atoms with Crippen molar-refractivity contribution >= 4 is 46.5 Å². The quantitative estimate of drug-likeness (QED) is 0.299. The maximum absolute atomic E-state index is 13.2. The third kappa shape index (κ3) is 8.35. The smallest absolute Gasteiger partial charge is 0.416 e. The molecule has 3 amide bonds. The number of hydrogen-bond acceptors (Lipinski definition) is 3. The number of nitrogens with one attached hydrogen (secondary N) is 2. The molecule has 0 saturated carbocycles. The third-order valence-electron chi connectivity index (χ3n) is 4.89. The van der Waals surface area contributed by atoms with Gasteiger partial charge in [0.25, 0.3) is 5.91 Å². The first-order valence-corrected chi connectivity index (χ1v) is 11.5. The molecule has 0 heterocycles. The first kappa shape index (κ1) is 27.2. The van der Waals surface area contributed by atoms with Crippen molar-refractivity contribution < 1.29 is 27.5 Å². The molecule has 0 aliphatic carbocycles. The van der Waals surface area contributed by atoms with Crippen LogP contribution in [0.3, 0.4) is 0 Å². The summed E-state index contributed by atoms with van der Waals surface area (Å²) in [4.78, 5) is 26.2. The Morgan fingerprint density at radius 3 is 2.19 bits per heavy atom. The maximum atomic E-state index is 13.2. The number of carbonyl (C=O) groups excluding carboxylic acids is 2. The molecule has 0 atom stereocenters. The Labute approximate surface area is 215 Å². The molecule has 11 heteroatoms. The highest BCUT2D eigenvalue weighted by molar-refractivity contribution is 6.30. The fourth-order valence-electron chi connectivity index (χ4n) is 3.12. The van der Waals surface area contributed by atoms with E-state index in [-0.39, 0.29) is 37.7 Å². The summed E-state index contributed by atoms with van der Waals surface area (Å²) in [6, 6.07) is 16.7. The van der Waals surface area contributed by atoms with Crippen LogP contribution in [0.25, 0.3) is 0 Å². The van der Waals surface area contributed by atoms with E-state index in [1.54, 1.807) is 48.5 Å². The number of carbonyl (C=O) groups is 2. The minimum absolute atomic E-state index is 0.0407. The molecular formula is C25H22Cl2F3N3O3. The molecule has 0 unspecified atom stereocenters. The number of alkyl halides is 3. The fourth-order valence-corrected chi connectivity index (χ4v) is 3.37. The zero-order chi connectivity index (χ0) is 26.1. The summed E-state index contributed by atoms with van der Waals surface area (Å²) in [5, 5.41) is 6.32. The van der Waals surface area contributed by atoms with Crippen LogP contribution in [-0.2, 0) is 11.0 Å². The van der Waals surface area contributed by atoms with Gasteiger partial charge in [0.1, 0.15) is 5.75 Å². The van der Waals surface area contributed by atoms with Crippen molar-refractivity contribution in [2.75, 3.05) is 29.9 Å². The van der Waals surface area contributed by atoms with Gasteiger partial charge in [-0.3, -0.25) is 9.69 Å². The summed E-state index contributed by atoms with van der Waals surface area (Å²) in [5.74, 6) is 0.0883. The molecule has 36 heavy (non-hydrogen) atoms. The molecule has 0 fully saturated rings. The van der Waals surface area contributed by atoms with Gasteiger partial charge in [0.15, 0.2) is 6.61 Å². The second kappa shape index (κ2) is 12.5. The van der Waals surface area contributed by atoms with Crippen LogP contribution in [0, 0.1) is 0 Å². The number of ether oxygens (including phenoxy) is 1. The Morgan fingerprint density at radius 1 is 0.917 bits per heavy atom. The lowest BCUT2D eigenvalue weighted by molar-refractivity contribution is -0.137. The Kier molecular flexibility index (Phi) is 9.44. The molecule has 0 spiro atoms. The van der Waals surface area contributed by atoms with Gasteiger partial charge >= 0.3 is 12.2 Å². The van der Waals surface area contributed by atoms with E-state index in [0.717, 1.165) is 12.1 Å². The summed E-state index contributed by atoms with van der Waals surface area (Å²) >= 11 is 11.7. The Hall–Kier alpha value is -3.43. The Bertz CT molecular complexity index is 1170. The molecular weight excluding hydrogens is 518 g/mol. The lowest BCUT2D eigenvalue weighted by atomic mass is 10.1. The number of nitrogens with zero attached hydrogens (tertiary/aromatic N) is 1. The molecule has 0 radical (unpaired) electrons. The minimum atomic E-state index is -4.56. The summed E-state index contributed by atoms with van der Waals surface area (Å²) in [7, 11) is 0. The van der Waals surface area contributed by atoms with Gasteiger partial charge in [-0.2, -0.15) is 13.2 Å². The lowest BCUT2D eigenvalue weighted by Crippen LogP contribution is -2.38. The van der Waals surface area contributed by atoms with Crippen LogP contribution in [-0.4, -0.2) is 31.6 Å². The number of hydrogen-bond donors (Lipinski definition) is 2. The molecule has 0 aromatic heterocycles. The van der Waals surface area contributed by atoms with Crippen molar-refractivity contribution in [1.82, 2.24) is 5.32 Å². The van der Waals surface area contributed by atoms with E-state index >= 15 is 0 Å². The van der Waals surface area contributed by atoms with Gasteiger partial charge in [0.05, 0.1) is 5.56 Å². The van der Waals surface area contributed by atoms with Crippen molar-refractivity contribution in [3.05, 3.63) is 88.4 Å². The lowest BCUT2D eigenvalue weighted by Gasteiger charge is -2.24. The van der Waals surface area contributed by atoms with E-state index in [1.807, 2.05) is 0 Å². The van der Waals surface area contributed by atoms with Crippen molar-refractivity contribution in [1.29, 1.82) is 0 Å². The van der Waals surface area contributed by atoms with Crippen molar-refractivity contribution in [3.8, 4) is 5.75 Å². The van der Waals surface area contributed by atoms with Crippen LogP contribution in [0.1, 0.15) is 12.0 Å². The van der Waals surface area contributed by atoms with E-state index in [9.17, 15) is 22.8 Å². The summed E-state index contributed by atoms with van der Waals surface area (Å²) < 4.78 is 45.1. The number of amides is 3. The number of urea groups is 1. The summed E-state index contributed by atoms with van der Waals surface area (Å²) in [6.07, 6.45) is -4.29. The molecule has 2 N–H and O–H groups in total.